The molecule has 1 aliphatic heterocycles. The Morgan fingerprint density at radius 1 is 1.00 bits per heavy atom. The quantitative estimate of drug-likeness (QED) is 0.334. The largest absolute Gasteiger partial charge is 0.478 e. The molecule has 2 amide bonds. The van der Waals surface area contributed by atoms with E-state index in [9.17, 15) is 19.2 Å². The molecule has 9 nitrogen and oxygen atoms in total. The van der Waals surface area contributed by atoms with Crippen molar-refractivity contribution in [1.82, 2.24) is 4.90 Å². The third-order valence-corrected chi connectivity index (χ3v) is 7.09. The highest BCUT2D eigenvalue weighted by atomic mass is 35.5. The minimum Gasteiger partial charge on any atom is -0.478 e. The standard InChI is InChI=1S/C28H24ClN3O6S/c1-2-38-27(37)19-7-13-22(14-8-19)31-28-32(16-17-3-9-20(29)10-4-17)25(34)23(39-28)15-24(33)30-21-11-5-18(6-12-21)26(35)36/h3-14,23H,2,15-16H2,1H3,(H,30,33)(H,35,36)/t23-/m1/s1. The molecular weight excluding hydrogens is 542 g/mol. The van der Waals surface area contributed by atoms with E-state index in [4.69, 9.17) is 21.4 Å². The molecule has 2 N–H and O–H groups in total. The summed E-state index contributed by atoms with van der Waals surface area (Å²) >= 11 is 7.18. The minimum atomic E-state index is -1.07. The summed E-state index contributed by atoms with van der Waals surface area (Å²) < 4.78 is 5.01. The van der Waals surface area contributed by atoms with E-state index in [2.05, 4.69) is 10.3 Å². The van der Waals surface area contributed by atoms with E-state index in [-0.39, 0.29) is 31.0 Å². The molecule has 200 valence electrons. The second-order valence-electron chi connectivity index (χ2n) is 8.45. The van der Waals surface area contributed by atoms with Gasteiger partial charge in [0.15, 0.2) is 5.17 Å². The average molecular weight is 566 g/mol. The molecule has 0 spiro atoms. The molecule has 0 aliphatic carbocycles. The fourth-order valence-corrected chi connectivity index (χ4v) is 5.00. The van der Waals surface area contributed by atoms with Crippen molar-refractivity contribution in [2.24, 2.45) is 4.99 Å². The maximum Gasteiger partial charge on any atom is 0.338 e. The molecule has 3 aromatic carbocycles. The van der Waals surface area contributed by atoms with Gasteiger partial charge in [0.25, 0.3) is 0 Å². The number of nitrogens with zero attached hydrogens (tertiary/aromatic N) is 2. The molecule has 0 unspecified atom stereocenters. The van der Waals surface area contributed by atoms with E-state index in [1.54, 1.807) is 43.3 Å². The number of aliphatic imine (C=N–C) groups is 1. The Labute approximate surface area is 233 Å². The number of carbonyl (C=O) groups excluding carboxylic acids is 3. The third kappa shape index (κ3) is 7.24. The molecule has 1 atom stereocenters. The lowest BCUT2D eigenvalue weighted by Gasteiger charge is -2.17. The number of esters is 1. The van der Waals surface area contributed by atoms with Crippen LogP contribution in [0, 0.1) is 0 Å². The number of rotatable bonds is 9. The molecule has 0 bridgehead atoms. The van der Waals surface area contributed by atoms with Gasteiger partial charge in [-0.1, -0.05) is 35.5 Å². The molecule has 11 heteroatoms. The normalized spacial score (nSPS) is 15.8. The molecule has 0 aromatic heterocycles. The van der Waals surface area contributed by atoms with Gasteiger partial charge >= 0.3 is 11.9 Å². The first-order valence-corrected chi connectivity index (χ1v) is 13.2. The first kappa shape index (κ1) is 27.9. The molecule has 1 heterocycles. The van der Waals surface area contributed by atoms with E-state index in [1.807, 2.05) is 12.1 Å². The van der Waals surface area contributed by atoms with Gasteiger partial charge < -0.3 is 15.2 Å². The summed E-state index contributed by atoms with van der Waals surface area (Å²) in [6, 6.07) is 19.4. The van der Waals surface area contributed by atoms with Crippen LogP contribution in [-0.4, -0.2) is 50.8 Å². The zero-order chi connectivity index (χ0) is 27.9. The lowest BCUT2D eigenvalue weighted by atomic mass is 10.2. The fraction of sp³-hybridized carbons (Fsp3) is 0.179. The van der Waals surface area contributed by atoms with Crippen molar-refractivity contribution in [3.63, 3.8) is 0 Å². The van der Waals surface area contributed by atoms with Crippen LogP contribution in [0.25, 0.3) is 0 Å². The van der Waals surface area contributed by atoms with Gasteiger partial charge in [-0.3, -0.25) is 14.5 Å². The number of hydrogen-bond donors (Lipinski definition) is 2. The third-order valence-electron chi connectivity index (χ3n) is 5.66. The molecule has 1 aliphatic rings. The van der Waals surface area contributed by atoms with Crippen LogP contribution in [0.1, 0.15) is 39.6 Å². The van der Waals surface area contributed by atoms with Crippen molar-refractivity contribution in [3.05, 3.63) is 94.5 Å². The van der Waals surface area contributed by atoms with E-state index < -0.39 is 23.1 Å². The van der Waals surface area contributed by atoms with Crippen LogP contribution in [0.3, 0.4) is 0 Å². The molecule has 39 heavy (non-hydrogen) atoms. The summed E-state index contributed by atoms with van der Waals surface area (Å²) in [5, 5.41) is 12.0. The molecular formula is C28H24ClN3O6S. The Morgan fingerprint density at radius 3 is 2.26 bits per heavy atom. The lowest BCUT2D eigenvalue weighted by molar-refractivity contribution is -0.128. The Hall–Kier alpha value is -4.15. The second-order valence-corrected chi connectivity index (χ2v) is 10.1. The number of thioether (sulfide) groups is 1. The summed E-state index contributed by atoms with van der Waals surface area (Å²) in [5.41, 5.74) is 2.28. The maximum atomic E-state index is 13.4. The number of carboxylic acid groups (broad SMARTS) is 1. The van der Waals surface area contributed by atoms with Crippen LogP contribution >= 0.6 is 23.4 Å². The molecule has 1 fully saturated rings. The number of nitrogens with one attached hydrogen (secondary N) is 1. The molecule has 3 aromatic rings. The van der Waals surface area contributed by atoms with Gasteiger partial charge in [-0.15, -0.1) is 0 Å². The summed E-state index contributed by atoms with van der Waals surface area (Å²) in [6.07, 6.45) is -0.109. The van der Waals surface area contributed by atoms with Crippen molar-refractivity contribution in [1.29, 1.82) is 0 Å². The number of carbonyl (C=O) groups is 4. The van der Waals surface area contributed by atoms with Crippen molar-refractivity contribution < 1.29 is 29.0 Å². The lowest BCUT2D eigenvalue weighted by Crippen LogP contribution is -2.33. The average Bonchev–Trinajstić information content (AvgIpc) is 3.19. The maximum absolute atomic E-state index is 13.4. The van der Waals surface area contributed by atoms with Gasteiger partial charge in [-0.2, -0.15) is 0 Å². The fourth-order valence-electron chi connectivity index (χ4n) is 3.72. The van der Waals surface area contributed by atoms with Gasteiger partial charge in [-0.05, 0) is 73.2 Å². The van der Waals surface area contributed by atoms with Crippen molar-refractivity contribution in [3.8, 4) is 0 Å². The topological polar surface area (TPSA) is 125 Å². The summed E-state index contributed by atoms with van der Waals surface area (Å²) in [6.45, 7) is 2.23. The van der Waals surface area contributed by atoms with Gasteiger partial charge in [0.05, 0.1) is 30.0 Å². The predicted octanol–water partition coefficient (Wildman–Crippen LogP) is 5.38. The summed E-state index contributed by atoms with van der Waals surface area (Å²) in [4.78, 5) is 55.3. The first-order valence-electron chi connectivity index (χ1n) is 11.9. The minimum absolute atomic E-state index is 0.100. The van der Waals surface area contributed by atoms with Crippen molar-refractivity contribution in [2.75, 3.05) is 11.9 Å². The Balaban J connectivity index is 1.52. The van der Waals surface area contributed by atoms with Gasteiger partial charge in [0.1, 0.15) is 5.25 Å². The van der Waals surface area contributed by atoms with E-state index in [0.717, 1.165) is 5.56 Å². The number of ether oxygens (including phenoxy) is 1. The van der Waals surface area contributed by atoms with Gasteiger partial charge in [0, 0.05) is 17.1 Å². The molecule has 4 rings (SSSR count). The van der Waals surface area contributed by atoms with Crippen LogP contribution in [0.5, 0.6) is 0 Å². The second kappa shape index (κ2) is 12.6. The number of carboxylic acids is 1. The van der Waals surface area contributed by atoms with Gasteiger partial charge in [-0.25, -0.2) is 14.6 Å². The zero-order valence-electron chi connectivity index (χ0n) is 20.8. The highest BCUT2D eigenvalue weighted by Gasteiger charge is 2.39. The van der Waals surface area contributed by atoms with Gasteiger partial charge in [0.2, 0.25) is 11.8 Å². The highest BCUT2D eigenvalue weighted by Crippen LogP contribution is 2.33. The number of hydrogen-bond acceptors (Lipinski definition) is 7. The molecule has 0 radical (unpaired) electrons. The monoisotopic (exact) mass is 565 g/mol. The number of anilines is 1. The summed E-state index contributed by atoms with van der Waals surface area (Å²) in [7, 11) is 0. The number of halogens is 1. The van der Waals surface area contributed by atoms with Crippen LogP contribution < -0.4 is 5.32 Å². The Kier molecular flexibility index (Phi) is 9.00. The Bertz CT molecular complexity index is 1410. The first-order chi connectivity index (χ1) is 18.7. The number of amidine groups is 1. The number of benzene rings is 3. The highest BCUT2D eigenvalue weighted by molar-refractivity contribution is 8.15. The van der Waals surface area contributed by atoms with Crippen LogP contribution in [0.2, 0.25) is 5.02 Å². The molecule has 1 saturated heterocycles. The van der Waals surface area contributed by atoms with Crippen molar-refractivity contribution in [2.45, 2.75) is 25.1 Å². The van der Waals surface area contributed by atoms with Crippen LogP contribution in [0.4, 0.5) is 11.4 Å². The number of aromatic carboxylic acids is 1. The Morgan fingerprint density at radius 2 is 1.64 bits per heavy atom. The SMILES string of the molecule is CCOC(=O)c1ccc(N=C2S[C@H](CC(=O)Nc3ccc(C(=O)O)cc3)C(=O)N2Cc2ccc(Cl)cc2)cc1. The van der Waals surface area contributed by atoms with E-state index in [1.165, 1.54) is 40.9 Å². The van der Waals surface area contributed by atoms with E-state index >= 15 is 0 Å². The smallest absolute Gasteiger partial charge is 0.338 e. The van der Waals surface area contributed by atoms with E-state index in [0.29, 0.717) is 27.1 Å². The number of amides is 2. The van der Waals surface area contributed by atoms with Crippen LogP contribution in [0.15, 0.2) is 77.8 Å². The zero-order valence-corrected chi connectivity index (χ0v) is 22.4. The summed E-state index contributed by atoms with van der Waals surface area (Å²) in [5.74, 6) is -2.16. The van der Waals surface area contributed by atoms with Crippen LogP contribution in [-0.2, 0) is 20.9 Å². The predicted molar refractivity (Wildman–Crippen MR) is 150 cm³/mol. The molecule has 0 saturated carbocycles. The van der Waals surface area contributed by atoms with Crippen molar-refractivity contribution >= 4 is 63.7 Å².